The first kappa shape index (κ1) is 14.2. The van der Waals surface area contributed by atoms with E-state index in [0.717, 1.165) is 12.2 Å². The number of hydrogen-bond acceptors (Lipinski definition) is 4. The molecule has 2 aromatic heterocycles. The lowest BCUT2D eigenvalue weighted by atomic mass is 10.0. The molecule has 1 fully saturated rings. The summed E-state index contributed by atoms with van der Waals surface area (Å²) in [5.41, 5.74) is -0.422. The molecule has 4 rings (SSSR count). The summed E-state index contributed by atoms with van der Waals surface area (Å²) in [5.74, 6) is 0.695. The highest BCUT2D eigenvalue weighted by Crippen LogP contribution is 2.32. The lowest BCUT2D eigenvalue weighted by Crippen LogP contribution is -2.45. The van der Waals surface area contributed by atoms with E-state index in [1.54, 1.807) is 36.5 Å². The Balaban J connectivity index is 1.56. The van der Waals surface area contributed by atoms with Gasteiger partial charge in [-0.15, -0.1) is 0 Å². The van der Waals surface area contributed by atoms with Gasteiger partial charge in [-0.1, -0.05) is 0 Å². The van der Waals surface area contributed by atoms with Gasteiger partial charge < -0.3 is 18.8 Å². The maximum atomic E-state index is 12.7. The second-order valence-electron chi connectivity index (χ2n) is 6.26. The van der Waals surface area contributed by atoms with E-state index in [4.69, 9.17) is 4.74 Å². The van der Waals surface area contributed by atoms with Crippen molar-refractivity contribution in [3.05, 3.63) is 52.5 Å². The Morgan fingerprint density at radius 2 is 2.22 bits per heavy atom. The highest BCUT2D eigenvalue weighted by atomic mass is 16.5. The molecule has 4 heterocycles. The zero-order chi connectivity index (χ0) is 16.0. The average molecular weight is 314 g/mol. The summed E-state index contributed by atoms with van der Waals surface area (Å²) in [6.07, 6.45) is 6.12. The Bertz CT molecular complexity index is 825. The van der Waals surface area contributed by atoms with E-state index in [1.807, 2.05) is 6.20 Å². The first-order valence-electron chi connectivity index (χ1n) is 7.67. The largest absolute Gasteiger partial charge is 0.363 e. The van der Waals surface area contributed by atoms with Crippen molar-refractivity contribution in [2.45, 2.75) is 25.2 Å². The van der Waals surface area contributed by atoms with Crippen LogP contribution in [0.5, 0.6) is 0 Å². The SMILES string of the molecule is Cn1cccc(C(=O)N2CCC3(C2)Cn2ccnc2CO3)c1=O. The molecule has 1 spiro atoms. The van der Waals surface area contributed by atoms with E-state index < -0.39 is 0 Å². The molecule has 0 aromatic carbocycles. The molecule has 2 aliphatic heterocycles. The highest BCUT2D eigenvalue weighted by Gasteiger charge is 2.44. The monoisotopic (exact) mass is 314 g/mol. The fourth-order valence-electron chi connectivity index (χ4n) is 3.39. The standard InChI is InChI=1S/C16H18N4O3/c1-18-6-2-3-12(14(18)21)15(22)20-7-4-16(11-20)10-19-8-5-17-13(19)9-23-16/h2-3,5-6,8H,4,7,9-11H2,1H3. The Kier molecular flexibility index (Phi) is 3.12. The summed E-state index contributed by atoms with van der Waals surface area (Å²) in [5, 5.41) is 0. The molecule has 1 unspecified atom stereocenters. The van der Waals surface area contributed by atoms with Gasteiger partial charge in [0, 0.05) is 32.2 Å². The smallest absolute Gasteiger partial charge is 0.263 e. The molecule has 7 heteroatoms. The summed E-state index contributed by atoms with van der Waals surface area (Å²) in [4.78, 5) is 30.8. The molecular formula is C16H18N4O3. The molecule has 1 amide bonds. The van der Waals surface area contributed by atoms with Gasteiger partial charge in [0.25, 0.3) is 11.5 Å². The number of carbonyl (C=O) groups is 1. The first-order valence-corrected chi connectivity index (χ1v) is 7.67. The number of pyridine rings is 1. The van der Waals surface area contributed by atoms with Crippen LogP contribution < -0.4 is 5.56 Å². The van der Waals surface area contributed by atoms with Gasteiger partial charge in [-0.3, -0.25) is 9.59 Å². The lowest BCUT2D eigenvalue weighted by Gasteiger charge is -2.34. The number of likely N-dealkylation sites (tertiary alicyclic amines) is 1. The van der Waals surface area contributed by atoms with Crippen molar-refractivity contribution in [2.75, 3.05) is 13.1 Å². The second-order valence-corrected chi connectivity index (χ2v) is 6.26. The molecule has 1 atom stereocenters. The average Bonchev–Trinajstić information content (AvgIpc) is 3.17. The summed E-state index contributed by atoms with van der Waals surface area (Å²) in [7, 11) is 1.65. The van der Waals surface area contributed by atoms with Crippen LogP contribution in [-0.2, 0) is 24.9 Å². The van der Waals surface area contributed by atoms with E-state index in [0.29, 0.717) is 26.2 Å². The number of hydrogen-bond donors (Lipinski definition) is 0. The number of ether oxygens (including phenoxy) is 1. The second kappa shape index (κ2) is 5.06. The van der Waals surface area contributed by atoms with Gasteiger partial charge in [-0.25, -0.2) is 4.98 Å². The zero-order valence-electron chi connectivity index (χ0n) is 12.9. The quantitative estimate of drug-likeness (QED) is 0.764. The van der Waals surface area contributed by atoms with Crippen molar-refractivity contribution >= 4 is 5.91 Å². The maximum Gasteiger partial charge on any atom is 0.263 e. The molecule has 0 radical (unpaired) electrons. The van der Waals surface area contributed by atoms with Crippen molar-refractivity contribution in [1.82, 2.24) is 19.0 Å². The number of aromatic nitrogens is 3. The Hall–Kier alpha value is -2.41. The number of aryl methyl sites for hydroxylation is 1. The summed E-state index contributed by atoms with van der Waals surface area (Å²) in [6, 6.07) is 3.31. The molecule has 0 aliphatic carbocycles. The number of fused-ring (bicyclic) bond motifs is 1. The van der Waals surface area contributed by atoms with Crippen LogP contribution in [0.2, 0.25) is 0 Å². The van der Waals surface area contributed by atoms with Crippen molar-refractivity contribution in [1.29, 1.82) is 0 Å². The van der Waals surface area contributed by atoms with Gasteiger partial charge in [0.05, 0.1) is 13.1 Å². The van der Waals surface area contributed by atoms with Gasteiger partial charge in [-0.05, 0) is 18.6 Å². The van der Waals surface area contributed by atoms with Crippen LogP contribution >= 0.6 is 0 Å². The molecule has 2 aliphatic rings. The summed E-state index contributed by atoms with van der Waals surface area (Å²) < 4.78 is 9.53. The Labute approximate surface area is 133 Å². The third kappa shape index (κ3) is 2.28. The van der Waals surface area contributed by atoms with E-state index in [2.05, 4.69) is 9.55 Å². The molecule has 7 nitrogen and oxygen atoms in total. The normalized spacial score (nSPS) is 23.3. The zero-order valence-corrected chi connectivity index (χ0v) is 12.9. The van der Waals surface area contributed by atoms with Gasteiger partial charge >= 0.3 is 0 Å². The van der Waals surface area contributed by atoms with Gasteiger partial charge in [0.15, 0.2) is 0 Å². The minimum atomic E-state index is -0.372. The minimum absolute atomic E-state index is 0.214. The highest BCUT2D eigenvalue weighted by molar-refractivity contribution is 5.94. The van der Waals surface area contributed by atoms with Gasteiger partial charge in [0.1, 0.15) is 23.6 Å². The fraction of sp³-hybridized carbons (Fsp3) is 0.438. The van der Waals surface area contributed by atoms with Crippen molar-refractivity contribution < 1.29 is 9.53 Å². The van der Waals surface area contributed by atoms with E-state index in [9.17, 15) is 9.59 Å². The van der Waals surface area contributed by atoms with E-state index >= 15 is 0 Å². The van der Waals surface area contributed by atoms with Crippen LogP contribution in [0.4, 0.5) is 0 Å². The molecule has 1 saturated heterocycles. The maximum absolute atomic E-state index is 12.7. The van der Waals surface area contributed by atoms with Gasteiger partial charge in [-0.2, -0.15) is 0 Å². The van der Waals surface area contributed by atoms with E-state index in [1.165, 1.54) is 4.57 Å². The third-order valence-electron chi connectivity index (χ3n) is 4.72. The van der Waals surface area contributed by atoms with Crippen LogP contribution in [0.3, 0.4) is 0 Å². The number of carbonyl (C=O) groups excluding carboxylic acids is 1. The molecule has 0 N–H and O–H groups in total. The first-order chi connectivity index (χ1) is 11.1. The van der Waals surface area contributed by atoms with Crippen LogP contribution in [-0.4, -0.2) is 43.6 Å². The van der Waals surface area contributed by atoms with Crippen LogP contribution in [0.15, 0.2) is 35.5 Å². The molecule has 23 heavy (non-hydrogen) atoms. The Morgan fingerprint density at radius 3 is 3.09 bits per heavy atom. The predicted octanol–water partition coefficient (Wildman–Crippen LogP) is 0.397. The number of nitrogens with zero attached hydrogens (tertiary/aromatic N) is 4. The van der Waals surface area contributed by atoms with Crippen LogP contribution in [0.1, 0.15) is 22.6 Å². The summed E-state index contributed by atoms with van der Waals surface area (Å²) >= 11 is 0. The number of imidazole rings is 1. The van der Waals surface area contributed by atoms with Crippen molar-refractivity contribution in [2.24, 2.45) is 7.05 Å². The lowest BCUT2D eigenvalue weighted by molar-refractivity contribution is -0.0809. The van der Waals surface area contributed by atoms with Crippen LogP contribution in [0.25, 0.3) is 0 Å². The van der Waals surface area contributed by atoms with E-state index in [-0.39, 0.29) is 22.6 Å². The third-order valence-corrected chi connectivity index (χ3v) is 4.72. The molecule has 120 valence electrons. The fourth-order valence-corrected chi connectivity index (χ4v) is 3.39. The van der Waals surface area contributed by atoms with Gasteiger partial charge in [0.2, 0.25) is 0 Å². The topological polar surface area (TPSA) is 69.4 Å². The predicted molar refractivity (Wildman–Crippen MR) is 82.0 cm³/mol. The minimum Gasteiger partial charge on any atom is -0.363 e. The van der Waals surface area contributed by atoms with Crippen molar-refractivity contribution in [3.63, 3.8) is 0 Å². The molecule has 2 aromatic rings. The van der Waals surface area contributed by atoms with Crippen LogP contribution in [0, 0.1) is 0 Å². The molecule has 0 saturated carbocycles. The number of amides is 1. The molecular weight excluding hydrogens is 296 g/mol. The number of rotatable bonds is 1. The van der Waals surface area contributed by atoms with Crippen molar-refractivity contribution in [3.8, 4) is 0 Å². The Morgan fingerprint density at radius 1 is 1.35 bits per heavy atom. The molecule has 0 bridgehead atoms. The summed E-state index contributed by atoms with van der Waals surface area (Å²) in [6.45, 7) is 2.25.